The fourth-order valence-corrected chi connectivity index (χ4v) is 2.93. The van der Waals surface area contributed by atoms with Crippen LogP contribution < -0.4 is 15.4 Å². The van der Waals surface area contributed by atoms with E-state index in [0.29, 0.717) is 23.0 Å². The van der Waals surface area contributed by atoms with Gasteiger partial charge in [0.2, 0.25) is 5.91 Å². The Kier molecular flexibility index (Phi) is 6.65. The molecule has 2 aromatic heterocycles. The maximum atomic E-state index is 13.0. The number of amides is 2. The predicted octanol–water partition coefficient (Wildman–Crippen LogP) is 4.44. The van der Waals surface area contributed by atoms with E-state index in [4.69, 9.17) is 4.74 Å². The molecule has 0 radical (unpaired) electrons. The van der Waals surface area contributed by atoms with Gasteiger partial charge in [-0.2, -0.15) is 0 Å². The molecule has 0 aliphatic rings. The molecule has 0 aliphatic heterocycles. The van der Waals surface area contributed by atoms with Crippen LogP contribution in [0.25, 0.3) is 11.3 Å². The van der Waals surface area contributed by atoms with E-state index < -0.39 is 11.8 Å². The van der Waals surface area contributed by atoms with Gasteiger partial charge in [-0.25, -0.2) is 9.37 Å². The quantitative estimate of drug-likeness (QED) is 0.441. The van der Waals surface area contributed by atoms with Gasteiger partial charge in [0, 0.05) is 11.8 Å². The summed E-state index contributed by atoms with van der Waals surface area (Å²) in [5.41, 5.74) is 1.71. The van der Waals surface area contributed by atoms with Crippen molar-refractivity contribution < 1.29 is 18.7 Å². The molecule has 0 saturated carbocycles. The lowest BCUT2D eigenvalue weighted by molar-refractivity contribution is -0.115. The highest BCUT2D eigenvalue weighted by atomic mass is 19.1. The van der Waals surface area contributed by atoms with Crippen molar-refractivity contribution >= 4 is 17.6 Å². The van der Waals surface area contributed by atoms with Crippen LogP contribution in [0.5, 0.6) is 11.5 Å². The van der Waals surface area contributed by atoms with E-state index in [1.807, 2.05) is 18.2 Å². The van der Waals surface area contributed by atoms with Crippen LogP contribution >= 0.6 is 0 Å². The monoisotopic (exact) mass is 442 g/mol. The molecule has 2 aromatic carbocycles. The van der Waals surface area contributed by atoms with Gasteiger partial charge < -0.3 is 15.4 Å². The van der Waals surface area contributed by atoms with Crippen molar-refractivity contribution in [2.45, 2.75) is 0 Å². The Bertz CT molecular complexity index is 1250. The van der Waals surface area contributed by atoms with Crippen LogP contribution in [0.3, 0.4) is 0 Å². The molecule has 0 saturated heterocycles. The number of benzene rings is 2. The average molecular weight is 442 g/mol. The molecule has 2 heterocycles. The van der Waals surface area contributed by atoms with Gasteiger partial charge in [0.25, 0.3) is 5.91 Å². The summed E-state index contributed by atoms with van der Waals surface area (Å²) in [6.45, 7) is -0.212. The molecule has 0 bridgehead atoms. The van der Waals surface area contributed by atoms with Gasteiger partial charge >= 0.3 is 0 Å². The molecule has 2 N–H and O–H groups in total. The fourth-order valence-electron chi connectivity index (χ4n) is 2.93. The van der Waals surface area contributed by atoms with Crippen LogP contribution in [0.1, 0.15) is 10.5 Å². The van der Waals surface area contributed by atoms with Gasteiger partial charge in [-0.3, -0.25) is 14.6 Å². The number of nitrogens with one attached hydrogen (secondary N) is 2. The van der Waals surface area contributed by atoms with Gasteiger partial charge in [0.1, 0.15) is 28.8 Å². The second kappa shape index (κ2) is 10.1. The predicted molar refractivity (Wildman–Crippen MR) is 121 cm³/mol. The lowest BCUT2D eigenvalue weighted by Crippen LogP contribution is -2.33. The number of carbonyl (C=O) groups excluding carboxylic acids is 2. The van der Waals surface area contributed by atoms with Crippen LogP contribution in [-0.2, 0) is 4.79 Å². The first-order valence-corrected chi connectivity index (χ1v) is 10.1. The van der Waals surface area contributed by atoms with Gasteiger partial charge in [-0.15, -0.1) is 0 Å². The minimum Gasteiger partial charge on any atom is -0.457 e. The second-order valence-corrected chi connectivity index (χ2v) is 6.93. The zero-order valence-electron chi connectivity index (χ0n) is 17.4. The topological polar surface area (TPSA) is 93.2 Å². The Hall–Kier alpha value is -4.59. The van der Waals surface area contributed by atoms with Gasteiger partial charge in [-0.05, 0) is 72.8 Å². The Morgan fingerprint density at radius 3 is 2.27 bits per heavy atom. The standard InChI is InChI=1S/C25H19FN4O3/c26-18-9-13-20(14-10-18)33-19-11-7-17(8-12-19)21-5-3-6-23(29-21)30-24(31)16-28-25(32)22-4-1-2-15-27-22/h1-15H,16H2,(H,28,32)(H,29,30,31). The number of anilines is 1. The lowest BCUT2D eigenvalue weighted by Gasteiger charge is -2.09. The van der Waals surface area contributed by atoms with Crippen LogP contribution in [0, 0.1) is 5.82 Å². The van der Waals surface area contributed by atoms with Crippen LogP contribution in [0.4, 0.5) is 10.2 Å². The number of hydrogen-bond acceptors (Lipinski definition) is 5. The summed E-state index contributed by atoms with van der Waals surface area (Å²) < 4.78 is 18.7. The summed E-state index contributed by atoms with van der Waals surface area (Å²) >= 11 is 0. The molecule has 164 valence electrons. The lowest BCUT2D eigenvalue weighted by atomic mass is 10.1. The maximum absolute atomic E-state index is 13.0. The highest BCUT2D eigenvalue weighted by Crippen LogP contribution is 2.25. The summed E-state index contributed by atoms with van der Waals surface area (Å²) in [5, 5.41) is 5.19. The number of rotatable bonds is 7. The van der Waals surface area contributed by atoms with Crippen molar-refractivity contribution in [3.63, 3.8) is 0 Å². The third kappa shape index (κ3) is 5.98. The summed E-state index contributed by atoms with van der Waals surface area (Å²) in [6, 6.07) is 23.2. The van der Waals surface area contributed by atoms with E-state index in [1.54, 1.807) is 54.6 Å². The largest absolute Gasteiger partial charge is 0.457 e. The Morgan fingerprint density at radius 1 is 0.848 bits per heavy atom. The number of halogens is 1. The van der Waals surface area contributed by atoms with Crippen molar-refractivity contribution in [1.29, 1.82) is 0 Å². The number of aromatic nitrogens is 2. The van der Waals surface area contributed by atoms with E-state index >= 15 is 0 Å². The highest BCUT2D eigenvalue weighted by molar-refractivity contribution is 5.98. The summed E-state index contributed by atoms with van der Waals surface area (Å²) in [6.07, 6.45) is 1.51. The van der Waals surface area contributed by atoms with Crippen LogP contribution in [-0.4, -0.2) is 28.3 Å². The molecule has 4 rings (SSSR count). The van der Waals surface area contributed by atoms with Gasteiger partial charge in [0.15, 0.2) is 0 Å². The molecule has 2 amide bonds. The van der Waals surface area contributed by atoms with Crippen molar-refractivity contribution in [2.24, 2.45) is 0 Å². The minimum atomic E-state index is -0.435. The van der Waals surface area contributed by atoms with E-state index in [1.165, 1.54) is 18.3 Å². The van der Waals surface area contributed by atoms with E-state index in [9.17, 15) is 14.0 Å². The highest BCUT2D eigenvalue weighted by Gasteiger charge is 2.10. The van der Waals surface area contributed by atoms with Gasteiger partial charge in [0.05, 0.1) is 12.2 Å². The summed E-state index contributed by atoms with van der Waals surface area (Å²) in [5.74, 6) is 0.311. The minimum absolute atomic E-state index is 0.212. The molecule has 0 spiro atoms. The SMILES string of the molecule is O=C(CNC(=O)c1ccccn1)Nc1cccc(-c2ccc(Oc3ccc(F)cc3)cc2)n1. The maximum Gasteiger partial charge on any atom is 0.270 e. The zero-order chi connectivity index (χ0) is 23.0. The Labute approximate surface area is 189 Å². The van der Waals surface area contributed by atoms with Crippen molar-refractivity contribution in [3.05, 3.63) is 103 Å². The number of ether oxygens (including phenoxy) is 1. The van der Waals surface area contributed by atoms with Crippen molar-refractivity contribution in [2.75, 3.05) is 11.9 Å². The normalized spacial score (nSPS) is 10.3. The third-order valence-electron chi connectivity index (χ3n) is 4.52. The third-order valence-corrected chi connectivity index (χ3v) is 4.52. The first kappa shape index (κ1) is 21.6. The molecule has 0 unspecified atom stereocenters. The summed E-state index contributed by atoms with van der Waals surface area (Å²) in [4.78, 5) is 32.6. The number of carbonyl (C=O) groups is 2. The number of nitrogens with zero attached hydrogens (tertiary/aromatic N) is 2. The molecule has 7 nitrogen and oxygen atoms in total. The van der Waals surface area contributed by atoms with E-state index in [0.717, 1.165) is 5.56 Å². The van der Waals surface area contributed by atoms with Gasteiger partial charge in [-0.1, -0.05) is 12.1 Å². The van der Waals surface area contributed by atoms with E-state index in [-0.39, 0.29) is 18.1 Å². The molecule has 4 aromatic rings. The first-order chi connectivity index (χ1) is 16.1. The van der Waals surface area contributed by atoms with Crippen molar-refractivity contribution in [3.8, 4) is 22.8 Å². The molecule has 0 aliphatic carbocycles. The average Bonchev–Trinajstić information content (AvgIpc) is 2.85. The van der Waals surface area contributed by atoms with E-state index in [2.05, 4.69) is 20.6 Å². The van der Waals surface area contributed by atoms with Crippen LogP contribution in [0.15, 0.2) is 91.1 Å². The zero-order valence-corrected chi connectivity index (χ0v) is 17.4. The fraction of sp³-hybridized carbons (Fsp3) is 0.0400. The molecule has 33 heavy (non-hydrogen) atoms. The molecule has 0 fully saturated rings. The molecule has 8 heteroatoms. The van der Waals surface area contributed by atoms with Crippen molar-refractivity contribution in [1.82, 2.24) is 15.3 Å². The molecule has 0 atom stereocenters. The smallest absolute Gasteiger partial charge is 0.270 e. The number of hydrogen-bond donors (Lipinski definition) is 2. The molecular formula is C25H19FN4O3. The second-order valence-electron chi connectivity index (χ2n) is 6.93. The Balaban J connectivity index is 1.35. The number of pyridine rings is 2. The van der Waals surface area contributed by atoms with Crippen LogP contribution in [0.2, 0.25) is 0 Å². The first-order valence-electron chi connectivity index (χ1n) is 10.1. The summed E-state index contributed by atoms with van der Waals surface area (Å²) in [7, 11) is 0. The Morgan fingerprint density at radius 2 is 1.58 bits per heavy atom. The molecular weight excluding hydrogens is 423 g/mol.